The number of aromatic nitrogens is 3. The van der Waals surface area contributed by atoms with Crippen LogP contribution in [0, 0.1) is 5.82 Å². The van der Waals surface area contributed by atoms with Crippen LogP contribution in [0.4, 0.5) is 23.5 Å². The van der Waals surface area contributed by atoms with Crippen molar-refractivity contribution in [2.24, 2.45) is 0 Å². The predicted octanol–water partition coefficient (Wildman–Crippen LogP) is 5.47. The largest absolute Gasteiger partial charge is 0.493 e. The molecule has 0 bridgehead atoms. The number of sulfonamides is 1. The maximum atomic E-state index is 13.4. The molecule has 0 unspecified atom stereocenters. The standard InChI is InChI=1S/C23H16F4N4O3S2/c24-14-11-29-22(30-12-14)31-36(32,33)15-2-4-18-17(5-7-34-20(18)10-15)16-3-1-13(23(25,26)27)9-19(16)21-28-6-8-35-21/h1-4,6,8-12,17H,5,7H2,(H,29,30,31)/t17-/m0/s1. The molecule has 1 aliphatic heterocycles. The van der Waals surface area contributed by atoms with Crippen molar-refractivity contribution in [2.75, 3.05) is 11.3 Å². The molecule has 3 heterocycles. The van der Waals surface area contributed by atoms with Gasteiger partial charge in [-0.3, -0.25) is 0 Å². The summed E-state index contributed by atoms with van der Waals surface area (Å²) >= 11 is 1.23. The molecule has 1 N–H and O–H groups in total. The SMILES string of the molecule is O=S(=O)(Nc1ncc(F)cn1)c1ccc2c(c1)OCC[C@H]2c1ccc(C(F)(F)F)cc1-c1nccs1. The molecule has 186 valence electrons. The first-order valence-corrected chi connectivity index (χ1v) is 12.9. The molecule has 36 heavy (non-hydrogen) atoms. The van der Waals surface area contributed by atoms with Gasteiger partial charge in [0.25, 0.3) is 10.0 Å². The van der Waals surface area contributed by atoms with Crippen LogP contribution in [-0.2, 0) is 16.2 Å². The summed E-state index contributed by atoms with van der Waals surface area (Å²) in [5.74, 6) is -1.07. The molecule has 5 rings (SSSR count). The number of hydrogen-bond acceptors (Lipinski definition) is 7. The molecule has 13 heteroatoms. The lowest BCUT2D eigenvalue weighted by Crippen LogP contribution is -2.19. The smallest absolute Gasteiger partial charge is 0.416 e. The minimum Gasteiger partial charge on any atom is -0.493 e. The Morgan fingerprint density at radius 2 is 1.78 bits per heavy atom. The molecule has 2 aromatic carbocycles. The highest BCUT2D eigenvalue weighted by Crippen LogP contribution is 2.44. The number of anilines is 1. The Morgan fingerprint density at radius 1 is 1.03 bits per heavy atom. The third-order valence-electron chi connectivity index (χ3n) is 5.60. The van der Waals surface area contributed by atoms with E-state index < -0.39 is 27.6 Å². The molecule has 2 aromatic heterocycles. The van der Waals surface area contributed by atoms with E-state index in [0.29, 0.717) is 33.9 Å². The second kappa shape index (κ2) is 9.13. The van der Waals surface area contributed by atoms with Crippen LogP contribution in [0.1, 0.15) is 29.0 Å². The number of halogens is 4. The molecule has 1 atom stereocenters. The van der Waals surface area contributed by atoms with Crippen molar-refractivity contribution in [1.29, 1.82) is 0 Å². The lowest BCUT2D eigenvalue weighted by molar-refractivity contribution is -0.137. The highest BCUT2D eigenvalue weighted by molar-refractivity contribution is 7.92. The van der Waals surface area contributed by atoms with E-state index in [1.54, 1.807) is 11.4 Å². The van der Waals surface area contributed by atoms with Crippen molar-refractivity contribution in [3.8, 4) is 16.3 Å². The van der Waals surface area contributed by atoms with Gasteiger partial charge in [-0.15, -0.1) is 11.3 Å². The van der Waals surface area contributed by atoms with Gasteiger partial charge in [0.1, 0.15) is 10.8 Å². The van der Waals surface area contributed by atoms with Crippen molar-refractivity contribution in [2.45, 2.75) is 23.4 Å². The number of benzene rings is 2. The van der Waals surface area contributed by atoms with Gasteiger partial charge >= 0.3 is 6.18 Å². The second-order valence-corrected chi connectivity index (χ2v) is 10.4. The molecular formula is C23H16F4N4O3S2. The number of rotatable bonds is 5. The van der Waals surface area contributed by atoms with Crippen LogP contribution in [0.3, 0.4) is 0 Å². The molecule has 0 spiro atoms. The summed E-state index contributed by atoms with van der Waals surface area (Å²) in [6.07, 6.45) is -0.852. The van der Waals surface area contributed by atoms with Crippen molar-refractivity contribution < 1.29 is 30.7 Å². The summed E-state index contributed by atoms with van der Waals surface area (Å²) in [4.78, 5) is 11.3. The number of fused-ring (bicyclic) bond motifs is 1. The minimum atomic E-state index is -4.51. The molecule has 0 aliphatic carbocycles. The van der Waals surface area contributed by atoms with Gasteiger partial charge in [-0.2, -0.15) is 13.2 Å². The Morgan fingerprint density at radius 3 is 2.47 bits per heavy atom. The van der Waals surface area contributed by atoms with Gasteiger partial charge < -0.3 is 4.74 Å². The number of nitrogens with one attached hydrogen (secondary N) is 1. The van der Waals surface area contributed by atoms with Crippen LogP contribution in [0.15, 0.2) is 65.3 Å². The number of hydrogen-bond donors (Lipinski definition) is 1. The maximum absolute atomic E-state index is 13.4. The lowest BCUT2D eigenvalue weighted by Gasteiger charge is -2.28. The van der Waals surface area contributed by atoms with Crippen molar-refractivity contribution in [3.63, 3.8) is 0 Å². The topological polar surface area (TPSA) is 94.1 Å². The van der Waals surface area contributed by atoms with Crippen LogP contribution < -0.4 is 9.46 Å². The maximum Gasteiger partial charge on any atom is 0.416 e. The molecule has 1 aliphatic rings. The Labute approximate surface area is 206 Å². The molecule has 4 aromatic rings. The second-order valence-electron chi connectivity index (χ2n) is 7.86. The predicted molar refractivity (Wildman–Crippen MR) is 124 cm³/mol. The summed E-state index contributed by atoms with van der Waals surface area (Å²) in [6, 6.07) is 7.84. The zero-order valence-corrected chi connectivity index (χ0v) is 19.8. The molecule has 0 fully saturated rings. The fourth-order valence-corrected chi connectivity index (χ4v) is 5.63. The molecular weight excluding hydrogens is 520 g/mol. The highest BCUT2D eigenvalue weighted by atomic mass is 32.2. The van der Waals surface area contributed by atoms with E-state index in [-0.39, 0.29) is 23.4 Å². The van der Waals surface area contributed by atoms with Gasteiger partial charge in [-0.1, -0.05) is 12.1 Å². The Kier molecular flexibility index (Phi) is 6.12. The fraction of sp³-hybridized carbons (Fsp3) is 0.174. The van der Waals surface area contributed by atoms with E-state index in [4.69, 9.17) is 4.74 Å². The van der Waals surface area contributed by atoms with Gasteiger partial charge in [0.05, 0.1) is 29.5 Å². The van der Waals surface area contributed by atoms with Crippen LogP contribution >= 0.6 is 11.3 Å². The average Bonchev–Trinajstić information content (AvgIpc) is 3.39. The number of alkyl halides is 3. The normalized spacial score (nSPS) is 15.7. The van der Waals surface area contributed by atoms with Crippen molar-refractivity contribution in [3.05, 3.63) is 82.9 Å². The van der Waals surface area contributed by atoms with Gasteiger partial charge in [0, 0.05) is 34.7 Å². The average molecular weight is 537 g/mol. The molecule has 7 nitrogen and oxygen atoms in total. The lowest BCUT2D eigenvalue weighted by atomic mass is 9.83. The zero-order chi connectivity index (χ0) is 25.5. The van der Waals surface area contributed by atoms with Crippen LogP contribution in [-0.4, -0.2) is 30.0 Å². The quantitative estimate of drug-likeness (QED) is 0.340. The number of thiazole rings is 1. The first-order valence-electron chi connectivity index (χ1n) is 10.5. The molecule has 0 amide bonds. The van der Waals surface area contributed by atoms with E-state index in [2.05, 4.69) is 19.7 Å². The van der Waals surface area contributed by atoms with Crippen LogP contribution in [0.25, 0.3) is 10.6 Å². The molecule has 0 radical (unpaired) electrons. The Balaban J connectivity index is 1.53. The number of nitrogens with zero attached hydrogens (tertiary/aromatic N) is 3. The molecule has 0 saturated carbocycles. The summed E-state index contributed by atoms with van der Waals surface area (Å²) in [7, 11) is -4.12. The van der Waals surface area contributed by atoms with Crippen LogP contribution in [0.2, 0.25) is 0 Å². The summed E-state index contributed by atoms with van der Waals surface area (Å²) in [5, 5.41) is 2.14. The summed E-state index contributed by atoms with van der Waals surface area (Å²) in [6.45, 7) is 0.230. The highest BCUT2D eigenvalue weighted by Gasteiger charge is 2.33. The summed E-state index contributed by atoms with van der Waals surface area (Å²) in [5.41, 5.74) is 0.857. The zero-order valence-electron chi connectivity index (χ0n) is 18.2. The van der Waals surface area contributed by atoms with Gasteiger partial charge in [-0.25, -0.2) is 32.5 Å². The van der Waals surface area contributed by atoms with E-state index >= 15 is 0 Å². The monoisotopic (exact) mass is 536 g/mol. The van der Waals surface area contributed by atoms with Crippen molar-refractivity contribution in [1.82, 2.24) is 15.0 Å². The van der Waals surface area contributed by atoms with Gasteiger partial charge in [-0.05, 0) is 30.2 Å². The van der Waals surface area contributed by atoms with E-state index in [9.17, 15) is 26.0 Å². The van der Waals surface area contributed by atoms with Crippen LogP contribution in [0.5, 0.6) is 5.75 Å². The van der Waals surface area contributed by atoms with Gasteiger partial charge in [0.2, 0.25) is 5.95 Å². The van der Waals surface area contributed by atoms with E-state index in [0.717, 1.165) is 24.5 Å². The third-order valence-corrected chi connectivity index (χ3v) is 7.73. The van der Waals surface area contributed by atoms with Crippen molar-refractivity contribution >= 4 is 27.3 Å². The Hall–Kier alpha value is -3.58. The van der Waals surface area contributed by atoms with E-state index in [1.165, 1.54) is 35.7 Å². The van der Waals surface area contributed by atoms with E-state index in [1.807, 2.05) is 0 Å². The fourth-order valence-electron chi connectivity index (χ4n) is 3.98. The number of ether oxygens (including phenoxy) is 1. The minimum absolute atomic E-state index is 0.137. The third kappa shape index (κ3) is 4.75. The molecule has 0 saturated heterocycles. The summed E-state index contributed by atoms with van der Waals surface area (Å²) < 4.78 is 86.8. The van der Waals surface area contributed by atoms with Gasteiger partial charge in [0.15, 0.2) is 5.82 Å². The first kappa shape index (κ1) is 24.1. The Bertz CT molecular complexity index is 1510. The first-order chi connectivity index (χ1) is 17.1.